The number of rotatable bonds is 3. The number of H-pyrrole nitrogens is 1. The molecule has 0 radical (unpaired) electrons. The highest BCUT2D eigenvalue weighted by molar-refractivity contribution is 5.98. The van der Waals surface area contributed by atoms with E-state index in [0.29, 0.717) is 23.9 Å². The van der Waals surface area contributed by atoms with Crippen LogP contribution >= 0.6 is 0 Å². The Morgan fingerprint density at radius 2 is 1.85 bits per heavy atom. The third-order valence-electron chi connectivity index (χ3n) is 5.20. The molecule has 2 N–H and O–H groups in total. The van der Waals surface area contributed by atoms with Crippen molar-refractivity contribution >= 4 is 5.91 Å². The molecule has 0 aliphatic carbocycles. The number of nitrogens with one attached hydrogen (secondary N) is 2. The molecule has 1 aliphatic rings. The minimum Gasteiger partial charge on any atom is -0.356 e. The number of nitrogens with zero attached hydrogens (tertiary/aromatic N) is 2. The molecule has 1 amide bonds. The fourth-order valence-electron chi connectivity index (χ4n) is 3.46. The molecule has 0 saturated heterocycles. The number of fused-ring (bicyclic) bond motifs is 1. The molecule has 0 saturated carbocycles. The average molecular weight is 360 g/mol. The highest BCUT2D eigenvalue weighted by atomic mass is 16.1. The van der Waals surface area contributed by atoms with Crippen LogP contribution in [0.2, 0.25) is 0 Å². The fourth-order valence-corrected chi connectivity index (χ4v) is 3.46. The van der Waals surface area contributed by atoms with E-state index in [2.05, 4.69) is 67.2 Å². The maximum Gasteiger partial charge on any atom is 0.253 e. The molecule has 5 nitrogen and oxygen atoms in total. The molecule has 27 heavy (non-hydrogen) atoms. The molecule has 3 heterocycles. The highest BCUT2D eigenvalue weighted by Crippen LogP contribution is 2.32. The van der Waals surface area contributed by atoms with Gasteiger partial charge in [-0.05, 0) is 23.6 Å². The van der Waals surface area contributed by atoms with Gasteiger partial charge in [0.15, 0.2) is 5.82 Å². The van der Waals surface area contributed by atoms with Crippen LogP contribution in [0.5, 0.6) is 0 Å². The maximum atomic E-state index is 12.2. The zero-order valence-electron chi connectivity index (χ0n) is 16.1. The molecule has 5 heteroatoms. The molecule has 0 unspecified atom stereocenters. The lowest BCUT2D eigenvalue weighted by Gasteiger charge is -2.29. The van der Waals surface area contributed by atoms with Gasteiger partial charge in [-0.15, -0.1) is 0 Å². The van der Waals surface area contributed by atoms with E-state index in [1.807, 2.05) is 12.1 Å². The minimum absolute atomic E-state index is 0.0367. The van der Waals surface area contributed by atoms with Crippen LogP contribution < -0.4 is 5.32 Å². The zero-order chi connectivity index (χ0) is 19.2. The van der Waals surface area contributed by atoms with Crippen molar-refractivity contribution in [1.82, 2.24) is 20.3 Å². The number of carbonyl (C=O) groups is 1. The zero-order valence-corrected chi connectivity index (χ0v) is 16.1. The van der Waals surface area contributed by atoms with Gasteiger partial charge >= 0.3 is 0 Å². The molecular formula is C22H24N4O. The summed E-state index contributed by atoms with van der Waals surface area (Å²) in [7, 11) is 0. The van der Waals surface area contributed by atoms with E-state index in [4.69, 9.17) is 4.98 Å². The van der Waals surface area contributed by atoms with E-state index in [0.717, 1.165) is 22.6 Å². The Kier molecular flexibility index (Phi) is 4.10. The lowest BCUT2D eigenvalue weighted by molar-refractivity contribution is 0.0929. The molecule has 4 rings (SSSR count). The number of aromatic amines is 1. The standard InChI is InChI=1S/C22H24N4O/c1-13(2)14-5-7-15(8-6-14)20-23-10-9-17(26-20)18-11-16-19(25-18)22(3,4)12-24-21(16)27/h5-11,13,25H,12H2,1-4H3,(H,24,27). The smallest absolute Gasteiger partial charge is 0.253 e. The molecular weight excluding hydrogens is 336 g/mol. The molecule has 0 atom stereocenters. The van der Waals surface area contributed by atoms with Crippen molar-refractivity contribution in [3.63, 3.8) is 0 Å². The summed E-state index contributed by atoms with van der Waals surface area (Å²) in [5.74, 6) is 1.13. The van der Waals surface area contributed by atoms with Crippen LogP contribution in [-0.2, 0) is 5.41 Å². The topological polar surface area (TPSA) is 70.7 Å². The average Bonchev–Trinajstić information content (AvgIpc) is 3.13. The van der Waals surface area contributed by atoms with E-state index < -0.39 is 0 Å². The molecule has 1 aliphatic heterocycles. The number of aromatic nitrogens is 3. The summed E-state index contributed by atoms with van der Waals surface area (Å²) >= 11 is 0. The van der Waals surface area contributed by atoms with Crippen LogP contribution in [0.3, 0.4) is 0 Å². The van der Waals surface area contributed by atoms with Crippen molar-refractivity contribution in [3.05, 3.63) is 59.4 Å². The van der Waals surface area contributed by atoms with Gasteiger partial charge in [-0.2, -0.15) is 0 Å². The summed E-state index contributed by atoms with van der Waals surface area (Å²) < 4.78 is 0. The molecule has 0 fully saturated rings. The van der Waals surface area contributed by atoms with Gasteiger partial charge < -0.3 is 10.3 Å². The number of amides is 1. The largest absolute Gasteiger partial charge is 0.356 e. The normalized spacial score (nSPS) is 15.5. The first-order valence-electron chi connectivity index (χ1n) is 9.30. The number of carbonyl (C=O) groups excluding carboxylic acids is 1. The van der Waals surface area contributed by atoms with E-state index in [1.165, 1.54) is 5.56 Å². The van der Waals surface area contributed by atoms with E-state index >= 15 is 0 Å². The maximum absolute atomic E-state index is 12.2. The van der Waals surface area contributed by atoms with Gasteiger partial charge in [-0.25, -0.2) is 9.97 Å². The van der Waals surface area contributed by atoms with Crippen molar-refractivity contribution in [1.29, 1.82) is 0 Å². The lowest BCUT2D eigenvalue weighted by atomic mass is 9.84. The predicted molar refractivity (Wildman–Crippen MR) is 107 cm³/mol. The summed E-state index contributed by atoms with van der Waals surface area (Å²) in [4.78, 5) is 24.8. The molecule has 138 valence electrons. The van der Waals surface area contributed by atoms with Crippen LogP contribution in [0.4, 0.5) is 0 Å². The number of hydrogen-bond donors (Lipinski definition) is 2. The van der Waals surface area contributed by atoms with Crippen LogP contribution in [0.15, 0.2) is 42.6 Å². The molecule has 0 bridgehead atoms. The summed E-state index contributed by atoms with van der Waals surface area (Å²) in [6.07, 6.45) is 1.76. The van der Waals surface area contributed by atoms with Crippen molar-refractivity contribution in [3.8, 4) is 22.8 Å². The van der Waals surface area contributed by atoms with Crippen LogP contribution in [0, 0.1) is 0 Å². The van der Waals surface area contributed by atoms with Crippen molar-refractivity contribution in [2.24, 2.45) is 0 Å². The second-order valence-electron chi connectivity index (χ2n) is 8.08. The predicted octanol–water partition coefficient (Wildman–Crippen LogP) is 4.28. The third kappa shape index (κ3) is 3.14. The Morgan fingerprint density at radius 3 is 2.52 bits per heavy atom. The molecule has 1 aromatic carbocycles. The SMILES string of the molecule is CC(C)c1ccc(-c2nccc(-c3cc4c([nH]3)C(C)(C)CNC4=O)n2)cc1. The first-order chi connectivity index (χ1) is 12.8. The van der Waals surface area contributed by atoms with Crippen molar-refractivity contribution in [2.75, 3.05) is 6.54 Å². The summed E-state index contributed by atoms with van der Waals surface area (Å²) in [5, 5.41) is 2.95. The highest BCUT2D eigenvalue weighted by Gasteiger charge is 2.34. The fraction of sp³-hybridized carbons (Fsp3) is 0.318. The first kappa shape index (κ1) is 17.5. The second-order valence-corrected chi connectivity index (χ2v) is 8.08. The monoisotopic (exact) mass is 360 g/mol. The summed E-state index contributed by atoms with van der Waals surface area (Å²) in [5.41, 5.74) is 5.42. The van der Waals surface area contributed by atoms with E-state index in [1.54, 1.807) is 6.20 Å². The minimum atomic E-state index is -0.135. The van der Waals surface area contributed by atoms with Gasteiger partial charge in [0.05, 0.1) is 17.0 Å². The molecule has 3 aromatic rings. The van der Waals surface area contributed by atoms with E-state index in [-0.39, 0.29) is 11.3 Å². The van der Waals surface area contributed by atoms with E-state index in [9.17, 15) is 4.79 Å². The second kappa shape index (κ2) is 6.34. The quantitative estimate of drug-likeness (QED) is 0.732. The third-order valence-corrected chi connectivity index (χ3v) is 5.20. The van der Waals surface area contributed by atoms with Gasteiger partial charge in [-0.1, -0.05) is 52.0 Å². The van der Waals surface area contributed by atoms with Crippen LogP contribution in [0.1, 0.15) is 55.2 Å². The van der Waals surface area contributed by atoms with Crippen LogP contribution in [-0.4, -0.2) is 27.4 Å². The van der Waals surface area contributed by atoms with Gasteiger partial charge in [0.1, 0.15) is 0 Å². The summed E-state index contributed by atoms with van der Waals surface area (Å²) in [6.45, 7) is 9.21. The Labute approximate surface area is 159 Å². The van der Waals surface area contributed by atoms with Crippen molar-refractivity contribution < 1.29 is 4.79 Å². The van der Waals surface area contributed by atoms with Gasteiger partial charge in [-0.3, -0.25) is 4.79 Å². The Hall–Kier alpha value is -2.95. The van der Waals surface area contributed by atoms with Crippen LogP contribution in [0.25, 0.3) is 22.8 Å². The van der Waals surface area contributed by atoms with Gasteiger partial charge in [0, 0.05) is 29.4 Å². The summed E-state index contributed by atoms with van der Waals surface area (Å²) in [6, 6.07) is 12.1. The number of benzene rings is 1. The first-order valence-corrected chi connectivity index (χ1v) is 9.30. The van der Waals surface area contributed by atoms with Gasteiger partial charge in [0.25, 0.3) is 5.91 Å². The van der Waals surface area contributed by atoms with Gasteiger partial charge in [0.2, 0.25) is 0 Å². The Bertz CT molecular complexity index is 999. The Balaban J connectivity index is 1.72. The number of hydrogen-bond acceptors (Lipinski definition) is 3. The molecule has 0 spiro atoms. The van der Waals surface area contributed by atoms with Crippen molar-refractivity contribution in [2.45, 2.75) is 39.0 Å². The lowest BCUT2D eigenvalue weighted by Crippen LogP contribution is -2.43. The molecule has 2 aromatic heterocycles. The Morgan fingerprint density at radius 1 is 1.11 bits per heavy atom.